The molecule has 0 radical (unpaired) electrons. The van der Waals surface area contributed by atoms with Crippen LogP contribution in [0.5, 0.6) is 0 Å². The predicted molar refractivity (Wildman–Crippen MR) is 74.3 cm³/mol. The summed E-state index contributed by atoms with van der Waals surface area (Å²) < 4.78 is 22.9. The molecule has 0 aromatic heterocycles. The van der Waals surface area contributed by atoms with Crippen LogP contribution >= 0.6 is 0 Å². The SMILES string of the molecule is CC(CCCC(=O)O)NC(=O)N1CCS(=O)(=O)CC1C. The van der Waals surface area contributed by atoms with Gasteiger partial charge in [-0.15, -0.1) is 0 Å². The maximum atomic E-state index is 12.0. The van der Waals surface area contributed by atoms with Crippen molar-refractivity contribution < 1.29 is 23.1 Å². The van der Waals surface area contributed by atoms with Gasteiger partial charge in [-0.1, -0.05) is 0 Å². The van der Waals surface area contributed by atoms with Crippen molar-refractivity contribution in [3.63, 3.8) is 0 Å². The molecular formula is C12H22N2O5S. The number of amides is 2. The average Bonchev–Trinajstić information content (AvgIpc) is 2.26. The second-order valence-corrected chi connectivity index (χ2v) is 7.52. The molecule has 0 aromatic rings. The highest BCUT2D eigenvalue weighted by Gasteiger charge is 2.31. The van der Waals surface area contributed by atoms with Crippen LogP contribution in [0.4, 0.5) is 4.79 Å². The van der Waals surface area contributed by atoms with E-state index in [4.69, 9.17) is 5.11 Å². The Morgan fingerprint density at radius 3 is 2.65 bits per heavy atom. The number of carbonyl (C=O) groups excluding carboxylic acids is 1. The Bertz CT molecular complexity index is 462. The molecule has 2 unspecified atom stereocenters. The summed E-state index contributed by atoms with van der Waals surface area (Å²) in [5.41, 5.74) is 0. The zero-order chi connectivity index (χ0) is 15.3. The van der Waals surface area contributed by atoms with Gasteiger partial charge in [0.05, 0.1) is 11.5 Å². The van der Waals surface area contributed by atoms with Gasteiger partial charge in [0.25, 0.3) is 0 Å². The molecule has 0 aromatic carbocycles. The molecule has 7 nitrogen and oxygen atoms in total. The van der Waals surface area contributed by atoms with E-state index in [2.05, 4.69) is 5.32 Å². The summed E-state index contributed by atoms with van der Waals surface area (Å²) in [6, 6.07) is -0.747. The fraction of sp³-hybridized carbons (Fsp3) is 0.833. The molecule has 116 valence electrons. The highest BCUT2D eigenvalue weighted by atomic mass is 32.2. The van der Waals surface area contributed by atoms with E-state index in [1.165, 1.54) is 4.90 Å². The van der Waals surface area contributed by atoms with Crippen LogP contribution in [0, 0.1) is 0 Å². The molecule has 1 aliphatic heterocycles. The molecular weight excluding hydrogens is 284 g/mol. The van der Waals surface area contributed by atoms with E-state index in [-0.39, 0.29) is 42.6 Å². The molecule has 1 aliphatic rings. The summed E-state index contributed by atoms with van der Waals surface area (Å²) in [6.45, 7) is 3.73. The number of nitrogens with zero attached hydrogens (tertiary/aromatic N) is 1. The van der Waals surface area contributed by atoms with E-state index in [1.54, 1.807) is 6.92 Å². The zero-order valence-electron chi connectivity index (χ0n) is 11.8. The molecule has 1 fully saturated rings. The molecule has 0 bridgehead atoms. The van der Waals surface area contributed by atoms with Crippen molar-refractivity contribution in [3.05, 3.63) is 0 Å². The van der Waals surface area contributed by atoms with E-state index in [0.717, 1.165) is 0 Å². The van der Waals surface area contributed by atoms with Gasteiger partial charge in [0.1, 0.15) is 0 Å². The third-order valence-electron chi connectivity index (χ3n) is 3.33. The van der Waals surface area contributed by atoms with Crippen molar-refractivity contribution in [1.29, 1.82) is 0 Å². The van der Waals surface area contributed by atoms with E-state index in [0.29, 0.717) is 12.8 Å². The minimum atomic E-state index is -3.04. The molecule has 2 atom stereocenters. The van der Waals surface area contributed by atoms with E-state index >= 15 is 0 Å². The standard InChI is InChI=1S/C12H22N2O5S/c1-9(4-3-5-11(15)16)13-12(17)14-6-7-20(18,19)8-10(14)2/h9-10H,3-8H2,1-2H3,(H,13,17)(H,15,16). The maximum Gasteiger partial charge on any atom is 0.317 e. The topological polar surface area (TPSA) is 104 Å². The van der Waals surface area contributed by atoms with E-state index in [1.807, 2.05) is 6.92 Å². The monoisotopic (exact) mass is 306 g/mol. The summed E-state index contributed by atoms with van der Waals surface area (Å²) in [5.74, 6) is -0.857. The number of nitrogens with one attached hydrogen (secondary N) is 1. The van der Waals surface area contributed by atoms with Crippen molar-refractivity contribution in [2.75, 3.05) is 18.1 Å². The average molecular weight is 306 g/mol. The van der Waals surface area contributed by atoms with Crippen molar-refractivity contribution in [2.45, 2.75) is 45.2 Å². The van der Waals surface area contributed by atoms with Gasteiger partial charge in [0.2, 0.25) is 0 Å². The zero-order valence-corrected chi connectivity index (χ0v) is 12.6. The highest BCUT2D eigenvalue weighted by Crippen LogP contribution is 2.12. The molecule has 0 saturated carbocycles. The molecule has 0 spiro atoms. The van der Waals surface area contributed by atoms with Gasteiger partial charge in [-0.3, -0.25) is 4.79 Å². The molecule has 20 heavy (non-hydrogen) atoms. The van der Waals surface area contributed by atoms with Crippen LogP contribution < -0.4 is 5.32 Å². The van der Waals surface area contributed by atoms with Gasteiger partial charge in [-0.05, 0) is 26.7 Å². The number of carbonyl (C=O) groups is 2. The number of hydrogen-bond donors (Lipinski definition) is 2. The fourth-order valence-electron chi connectivity index (χ4n) is 2.23. The smallest absolute Gasteiger partial charge is 0.317 e. The van der Waals surface area contributed by atoms with Crippen LogP contribution in [-0.2, 0) is 14.6 Å². The molecule has 2 amide bonds. The first-order valence-electron chi connectivity index (χ1n) is 6.70. The third-order valence-corrected chi connectivity index (χ3v) is 5.12. The Hall–Kier alpha value is -1.31. The van der Waals surface area contributed by atoms with Gasteiger partial charge in [-0.25, -0.2) is 13.2 Å². The van der Waals surface area contributed by atoms with Crippen LogP contribution in [0.15, 0.2) is 0 Å². The third kappa shape index (κ3) is 5.36. The minimum absolute atomic E-state index is 0.00183. The van der Waals surface area contributed by atoms with Crippen molar-refractivity contribution in [2.24, 2.45) is 0 Å². The first kappa shape index (κ1) is 16.7. The Morgan fingerprint density at radius 2 is 2.10 bits per heavy atom. The lowest BCUT2D eigenvalue weighted by molar-refractivity contribution is -0.137. The molecule has 1 saturated heterocycles. The largest absolute Gasteiger partial charge is 0.481 e. The number of carboxylic acids is 1. The second-order valence-electron chi connectivity index (χ2n) is 5.29. The number of sulfone groups is 1. The highest BCUT2D eigenvalue weighted by molar-refractivity contribution is 7.91. The van der Waals surface area contributed by atoms with Crippen molar-refractivity contribution in [3.8, 4) is 0 Å². The number of urea groups is 1. The molecule has 1 heterocycles. The Kier molecular flexibility index (Phi) is 5.79. The quantitative estimate of drug-likeness (QED) is 0.768. The van der Waals surface area contributed by atoms with Crippen LogP contribution in [0.3, 0.4) is 0 Å². The van der Waals surface area contributed by atoms with Crippen LogP contribution in [-0.4, -0.2) is 60.6 Å². The molecule has 1 rings (SSSR count). The van der Waals surface area contributed by atoms with Crippen molar-refractivity contribution in [1.82, 2.24) is 10.2 Å². The molecule has 0 aliphatic carbocycles. The Balaban J connectivity index is 2.40. The first-order chi connectivity index (χ1) is 9.21. The number of hydrogen-bond acceptors (Lipinski definition) is 4. The lowest BCUT2D eigenvalue weighted by Crippen LogP contribution is -2.54. The molecule has 8 heteroatoms. The summed E-state index contributed by atoms with van der Waals surface area (Å²) in [5, 5.41) is 11.3. The van der Waals surface area contributed by atoms with E-state index < -0.39 is 15.8 Å². The lowest BCUT2D eigenvalue weighted by atomic mass is 10.1. The van der Waals surface area contributed by atoms with Gasteiger partial charge in [-0.2, -0.15) is 0 Å². The normalized spacial score (nSPS) is 23.1. The molecule has 2 N–H and O–H groups in total. The summed E-state index contributed by atoms with van der Waals surface area (Å²) in [6.07, 6.45) is 1.16. The number of carboxylic acid groups (broad SMARTS) is 1. The maximum absolute atomic E-state index is 12.0. The summed E-state index contributed by atoms with van der Waals surface area (Å²) >= 11 is 0. The van der Waals surface area contributed by atoms with Gasteiger partial charge in [0, 0.05) is 25.0 Å². The minimum Gasteiger partial charge on any atom is -0.481 e. The predicted octanol–water partition coefficient (Wildman–Crippen LogP) is 0.458. The number of aliphatic carboxylic acids is 1. The van der Waals surface area contributed by atoms with Crippen molar-refractivity contribution >= 4 is 21.8 Å². The van der Waals surface area contributed by atoms with Gasteiger partial charge in [0.15, 0.2) is 9.84 Å². The van der Waals surface area contributed by atoms with Crippen LogP contribution in [0.2, 0.25) is 0 Å². The van der Waals surface area contributed by atoms with Gasteiger partial charge < -0.3 is 15.3 Å². The van der Waals surface area contributed by atoms with Crippen LogP contribution in [0.1, 0.15) is 33.1 Å². The fourth-order valence-corrected chi connectivity index (χ4v) is 3.78. The van der Waals surface area contributed by atoms with Crippen LogP contribution in [0.25, 0.3) is 0 Å². The Labute approximate surface area is 119 Å². The van der Waals surface area contributed by atoms with Gasteiger partial charge >= 0.3 is 12.0 Å². The second kappa shape index (κ2) is 6.92. The Morgan fingerprint density at radius 1 is 1.45 bits per heavy atom. The summed E-state index contributed by atoms with van der Waals surface area (Å²) in [7, 11) is -3.04. The first-order valence-corrected chi connectivity index (χ1v) is 8.53. The lowest BCUT2D eigenvalue weighted by Gasteiger charge is -2.34. The summed E-state index contributed by atoms with van der Waals surface area (Å²) in [4.78, 5) is 24.0. The number of rotatable bonds is 5. The van der Waals surface area contributed by atoms with E-state index in [9.17, 15) is 18.0 Å².